The maximum absolute atomic E-state index is 5.66. The van der Waals surface area contributed by atoms with Gasteiger partial charge in [-0.05, 0) is 46.2 Å². The van der Waals surface area contributed by atoms with Crippen molar-refractivity contribution in [2.45, 2.75) is 13.1 Å². The molecule has 0 fully saturated rings. The first-order valence-corrected chi connectivity index (χ1v) is 7.41. The maximum Gasteiger partial charge on any atom is 0.103 e. The molecule has 0 unspecified atom stereocenters. The number of rotatable bonds is 5. The fourth-order valence-corrected chi connectivity index (χ4v) is 2.58. The number of thiocarbonyl (C=S) groups is 1. The van der Waals surface area contributed by atoms with Crippen LogP contribution in [0.25, 0.3) is 0 Å². The van der Waals surface area contributed by atoms with Gasteiger partial charge in [-0.3, -0.25) is 9.88 Å². The summed E-state index contributed by atoms with van der Waals surface area (Å²) in [5.74, 6) is 0. The lowest BCUT2D eigenvalue weighted by molar-refractivity contribution is 0.318. The van der Waals surface area contributed by atoms with E-state index >= 15 is 0 Å². The van der Waals surface area contributed by atoms with Gasteiger partial charge in [0.2, 0.25) is 0 Å². The van der Waals surface area contributed by atoms with E-state index in [0.29, 0.717) is 4.99 Å². The monoisotopic (exact) mass is 349 g/mol. The third-order valence-electron chi connectivity index (χ3n) is 2.88. The van der Waals surface area contributed by atoms with Crippen molar-refractivity contribution >= 4 is 33.1 Å². The van der Waals surface area contributed by atoms with Gasteiger partial charge in [0.15, 0.2) is 0 Å². The van der Waals surface area contributed by atoms with Crippen LogP contribution in [0.2, 0.25) is 0 Å². The van der Waals surface area contributed by atoms with Crippen LogP contribution >= 0.6 is 28.1 Å². The highest BCUT2D eigenvalue weighted by molar-refractivity contribution is 9.10. The van der Waals surface area contributed by atoms with Crippen LogP contribution < -0.4 is 5.73 Å². The second kappa shape index (κ2) is 6.92. The molecule has 0 radical (unpaired) electrons. The van der Waals surface area contributed by atoms with E-state index in [-0.39, 0.29) is 0 Å². The molecule has 0 saturated heterocycles. The quantitative estimate of drug-likeness (QED) is 0.842. The Labute approximate surface area is 132 Å². The molecule has 1 heterocycles. The molecule has 2 aromatic rings. The lowest BCUT2D eigenvalue weighted by atomic mass is 10.1. The molecule has 20 heavy (non-hydrogen) atoms. The number of nitrogens with two attached hydrogens (primary N) is 1. The first-order chi connectivity index (χ1) is 9.54. The summed E-state index contributed by atoms with van der Waals surface area (Å²) in [4.78, 5) is 6.83. The lowest BCUT2D eigenvalue weighted by Crippen LogP contribution is -2.18. The Kier molecular flexibility index (Phi) is 5.23. The number of hydrogen-bond donors (Lipinski definition) is 1. The topological polar surface area (TPSA) is 42.2 Å². The summed E-state index contributed by atoms with van der Waals surface area (Å²) in [6.45, 7) is 1.67. The van der Waals surface area contributed by atoms with E-state index in [2.05, 4.69) is 45.0 Å². The molecule has 0 atom stereocenters. The fourth-order valence-electron chi connectivity index (χ4n) is 2.04. The fraction of sp³-hybridized carbons (Fsp3) is 0.200. The van der Waals surface area contributed by atoms with Crippen molar-refractivity contribution in [1.82, 2.24) is 9.88 Å². The number of hydrogen-bond acceptors (Lipinski definition) is 3. The van der Waals surface area contributed by atoms with Crippen LogP contribution in [0.15, 0.2) is 47.2 Å². The van der Waals surface area contributed by atoms with E-state index in [0.717, 1.165) is 23.1 Å². The van der Waals surface area contributed by atoms with Gasteiger partial charge in [-0.2, -0.15) is 0 Å². The smallest absolute Gasteiger partial charge is 0.103 e. The summed E-state index contributed by atoms with van der Waals surface area (Å²) in [6, 6.07) is 10.1. The molecular formula is C15H16BrN3S. The third-order valence-corrected chi connectivity index (χ3v) is 3.55. The van der Waals surface area contributed by atoms with Crippen molar-refractivity contribution < 1.29 is 0 Å². The summed E-state index contributed by atoms with van der Waals surface area (Å²) < 4.78 is 0.999. The second-order valence-corrected chi connectivity index (χ2v) is 6.10. The number of nitrogens with zero attached hydrogens (tertiary/aromatic N) is 2. The van der Waals surface area contributed by atoms with Gasteiger partial charge in [-0.25, -0.2) is 0 Å². The molecule has 1 aromatic carbocycles. The zero-order chi connectivity index (χ0) is 14.5. The van der Waals surface area contributed by atoms with Gasteiger partial charge in [-0.1, -0.05) is 30.4 Å². The summed E-state index contributed by atoms with van der Waals surface area (Å²) in [5.41, 5.74) is 8.94. The van der Waals surface area contributed by atoms with Crippen molar-refractivity contribution in [3.05, 3.63) is 63.9 Å². The Balaban J connectivity index is 2.02. The molecule has 5 heteroatoms. The Bertz CT molecular complexity index is 616. The minimum atomic E-state index is 0.436. The van der Waals surface area contributed by atoms with E-state index in [1.54, 1.807) is 6.20 Å². The average molecular weight is 350 g/mol. The van der Waals surface area contributed by atoms with Gasteiger partial charge in [0.1, 0.15) is 4.99 Å². The molecule has 1 aromatic heterocycles. The van der Waals surface area contributed by atoms with Crippen LogP contribution in [-0.4, -0.2) is 21.9 Å². The van der Waals surface area contributed by atoms with Crippen molar-refractivity contribution in [3.63, 3.8) is 0 Å². The molecule has 3 nitrogen and oxygen atoms in total. The molecule has 0 aliphatic carbocycles. The first-order valence-electron chi connectivity index (χ1n) is 6.21. The first kappa shape index (κ1) is 15.1. The summed E-state index contributed by atoms with van der Waals surface area (Å²) >= 11 is 8.44. The Morgan fingerprint density at radius 2 is 2.00 bits per heavy atom. The van der Waals surface area contributed by atoms with E-state index in [1.165, 1.54) is 11.1 Å². The molecule has 0 amide bonds. The number of halogens is 1. The second-order valence-electron chi connectivity index (χ2n) is 4.75. The molecule has 0 bridgehead atoms. The van der Waals surface area contributed by atoms with Gasteiger partial charge in [0.25, 0.3) is 0 Å². The molecule has 0 saturated carbocycles. The van der Waals surface area contributed by atoms with Crippen LogP contribution in [-0.2, 0) is 13.1 Å². The van der Waals surface area contributed by atoms with Gasteiger partial charge in [0, 0.05) is 35.5 Å². The Hall–Kier alpha value is -1.30. The molecule has 0 aliphatic rings. The van der Waals surface area contributed by atoms with Crippen LogP contribution in [0.5, 0.6) is 0 Å². The van der Waals surface area contributed by atoms with E-state index < -0.39 is 0 Å². The third kappa shape index (κ3) is 4.37. The summed E-state index contributed by atoms with van der Waals surface area (Å²) in [5, 5.41) is 0. The van der Waals surface area contributed by atoms with Gasteiger partial charge in [0.05, 0.1) is 0 Å². The molecule has 0 spiro atoms. The van der Waals surface area contributed by atoms with Crippen LogP contribution in [0.3, 0.4) is 0 Å². The van der Waals surface area contributed by atoms with Gasteiger partial charge < -0.3 is 5.73 Å². The Morgan fingerprint density at radius 3 is 2.70 bits per heavy atom. The predicted molar refractivity (Wildman–Crippen MR) is 89.4 cm³/mol. The zero-order valence-corrected chi connectivity index (χ0v) is 13.6. The van der Waals surface area contributed by atoms with Crippen molar-refractivity contribution in [2.75, 3.05) is 7.05 Å². The van der Waals surface area contributed by atoms with Gasteiger partial charge in [-0.15, -0.1) is 0 Å². The van der Waals surface area contributed by atoms with E-state index in [4.69, 9.17) is 18.0 Å². The number of aromatic nitrogens is 1. The van der Waals surface area contributed by atoms with Crippen molar-refractivity contribution in [1.29, 1.82) is 0 Å². The minimum Gasteiger partial charge on any atom is -0.389 e. The van der Waals surface area contributed by atoms with Crippen LogP contribution in [0.4, 0.5) is 0 Å². The molecule has 2 rings (SSSR count). The summed E-state index contributed by atoms with van der Waals surface area (Å²) in [7, 11) is 2.08. The van der Waals surface area contributed by atoms with Crippen LogP contribution in [0.1, 0.15) is 16.7 Å². The normalized spacial score (nSPS) is 10.8. The zero-order valence-electron chi connectivity index (χ0n) is 11.2. The SMILES string of the molecule is CN(Cc1cncc(Br)c1)Cc1cccc(C(N)=S)c1. The predicted octanol–water partition coefficient (Wildman–Crippen LogP) is 3.11. The highest BCUT2D eigenvalue weighted by atomic mass is 79.9. The highest BCUT2D eigenvalue weighted by Crippen LogP contribution is 2.13. The lowest BCUT2D eigenvalue weighted by Gasteiger charge is -2.17. The molecule has 2 N–H and O–H groups in total. The van der Waals surface area contributed by atoms with E-state index in [1.807, 2.05) is 24.4 Å². The van der Waals surface area contributed by atoms with Gasteiger partial charge >= 0.3 is 0 Å². The minimum absolute atomic E-state index is 0.436. The van der Waals surface area contributed by atoms with Crippen LogP contribution in [0, 0.1) is 0 Å². The van der Waals surface area contributed by atoms with Crippen molar-refractivity contribution in [3.8, 4) is 0 Å². The number of benzene rings is 1. The number of pyridine rings is 1. The summed E-state index contributed by atoms with van der Waals surface area (Å²) in [6.07, 6.45) is 3.67. The van der Waals surface area contributed by atoms with E-state index in [9.17, 15) is 0 Å². The highest BCUT2D eigenvalue weighted by Gasteiger charge is 2.04. The standard InChI is InChI=1S/C15H16BrN3S/c1-19(10-12-6-14(16)8-18-7-12)9-11-3-2-4-13(5-11)15(17)20/h2-8H,9-10H2,1H3,(H2,17,20). The molecule has 104 valence electrons. The molecule has 0 aliphatic heterocycles. The molecular weight excluding hydrogens is 334 g/mol. The largest absolute Gasteiger partial charge is 0.389 e. The Morgan fingerprint density at radius 1 is 1.25 bits per heavy atom. The average Bonchev–Trinajstić information content (AvgIpc) is 2.38. The maximum atomic E-state index is 5.66. The van der Waals surface area contributed by atoms with Crippen molar-refractivity contribution in [2.24, 2.45) is 5.73 Å².